The number of aryl methyl sites for hydroxylation is 2. The van der Waals surface area contributed by atoms with Crippen LogP contribution in [0.2, 0.25) is 0 Å². The summed E-state index contributed by atoms with van der Waals surface area (Å²) in [6, 6.07) is 3.67. The van der Waals surface area contributed by atoms with Crippen molar-refractivity contribution in [3.8, 4) is 17.1 Å². The second-order valence-electron chi connectivity index (χ2n) is 4.58. The van der Waals surface area contributed by atoms with Gasteiger partial charge >= 0.3 is 0 Å². The van der Waals surface area contributed by atoms with E-state index in [1.54, 1.807) is 7.11 Å². The fourth-order valence-electron chi connectivity index (χ4n) is 1.96. The summed E-state index contributed by atoms with van der Waals surface area (Å²) in [5.74, 6) is 1.17. The summed E-state index contributed by atoms with van der Waals surface area (Å²) in [6.07, 6.45) is 0. The lowest BCUT2D eigenvalue weighted by Gasteiger charge is -2.10. The zero-order valence-electron chi connectivity index (χ0n) is 11.6. The van der Waals surface area contributed by atoms with Gasteiger partial charge < -0.3 is 15.6 Å². The Morgan fingerprint density at radius 2 is 1.85 bits per heavy atom. The quantitative estimate of drug-likeness (QED) is 0.899. The molecule has 1 aromatic heterocycles. The van der Waals surface area contributed by atoms with Crippen LogP contribution in [-0.4, -0.2) is 22.2 Å². The Bertz CT molecular complexity index is 636. The summed E-state index contributed by atoms with van der Waals surface area (Å²) in [7, 11) is 1.60. The first-order chi connectivity index (χ1) is 9.43. The largest absolute Gasteiger partial charge is 0.507 e. The lowest BCUT2D eigenvalue weighted by molar-refractivity contribution is 0.181. The molecule has 0 bridgehead atoms. The molecule has 0 radical (unpaired) electrons. The number of aromatic nitrogens is 2. The Morgan fingerprint density at radius 1 is 1.25 bits per heavy atom. The van der Waals surface area contributed by atoms with Crippen LogP contribution >= 0.6 is 15.9 Å². The van der Waals surface area contributed by atoms with Crippen LogP contribution in [0.3, 0.4) is 0 Å². The first-order valence-electron chi connectivity index (χ1n) is 6.05. The first-order valence-corrected chi connectivity index (χ1v) is 6.84. The Morgan fingerprint density at radius 3 is 2.40 bits per heavy atom. The summed E-state index contributed by atoms with van der Waals surface area (Å²) in [6.45, 7) is 4.02. The molecule has 2 rings (SSSR count). The van der Waals surface area contributed by atoms with E-state index < -0.39 is 0 Å². The van der Waals surface area contributed by atoms with Gasteiger partial charge in [0.15, 0.2) is 5.82 Å². The zero-order valence-corrected chi connectivity index (χ0v) is 13.2. The van der Waals surface area contributed by atoms with E-state index in [9.17, 15) is 5.11 Å². The SMILES string of the molecule is COCc1nc(-c2cc(C)c(O)c(C)c2)nc(N)c1Br. The van der Waals surface area contributed by atoms with Gasteiger partial charge in [-0.2, -0.15) is 0 Å². The molecule has 0 aliphatic heterocycles. The number of hydrogen-bond acceptors (Lipinski definition) is 5. The van der Waals surface area contributed by atoms with Crippen molar-refractivity contribution in [2.24, 2.45) is 0 Å². The van der Waals surface area contributed by atoms with Crippen molar-refractivity contribution in [2.45, 2.75) is 20.5 Å². The van der Waals surface area contributed by atoms with Gasteiger partial charge in [-0.15, -0.1) is 0 Å². The summed E-state index contributed by atoms with van der Waals surface area (Å²) < 4.78 is 5.75. The minimum absolute atomic E-state index is 0.288. The molecule has 1 heterocycles. The average Bonchev–Trinajstić information content (AvgIpc) is 2.40. The number of ether oxygens (including phenoxy) is 1. The van der Waals surface area contributed by atoms with Crippen molar-refractivity contribution in [2.75, 3.05) is 12.8 Å². The monoisotopic (exact) mass is 337 g/mol. The second-order valence-corrected chi connectivity index (χ2v) is 5.38. The number of phenols is 1. The topological polar surface area (TPSA) is 81.3 Å². The van der Waals surface area contributed by atoms with Crippen LogP contribution in [0.5, 0.6) is 5.75 Å². The van der Waals surface area contributed by atoms with Gasteiger partial charge in [-0.05, 0) is 53.0 Å². The molecule has 3 N–H and O–H groups in total. The number of halogens is 1. The first kappa shape index (κ1) is 14.7. The van der Waals surface area contributed by atoms with E-state index in [1.165, 1.54) is 0 Å². The normalized spacial score (nSPS) is 10.8. The maximum Gasteiger partial charge on any atom is 0.161 e. The number of phenolic OH excluding ortho intramolecular Hbond substituents is 1. The molecule has 5 nitrogen and oxygen atoms in total. The highest BCUT2D eigenvalue weighted by Crippen LogP contribution is 2.30. The molecule has 0 saturated carbocycles. The molecule has 0 unspecified atom stereocenters. The standard InChI is InChI=1S/C14H16BrN3O2/c1-7-4-9(5-8(2)12(7)19)14-17-10(6-20-3)11(15)13(16)18-14/h4-5,19H,6H2,1-3H3,(H2,16,17,18). The molecule has 1 aromatic carbocycles. The highest BCUT2D eigenvalue weighted by atomic mass is 79.9. The highest BCUT2D eigenvalue weighted by molar-refractivity contribution is 9.10. The minimum Gasteiger partial charge on any atom is -0.507 e. The summed E-state index contributed by atoms with van der Waals surface area (Å²) in [5, 5.41) is 9.82. The van der Waals surface area contributed by atoms with E-state index >= 15 is 0 Å². The molecule has 20 heavy (non-hydrogen) atoms. The van der Waals surface area contributed by atoms with Crippen molar-refractivity contribution in [3.63, 3.8) is 0 Å². The van der Waals surface area contributed by atoms with E-state index in [-0.39, 0.29) is 5.75 Å². The number of benzene rings is 1. The van der Waals surface area contributed by atoms with Crippen LogP contribution in [0.25, 0.3) is 11.4 Å². The van der Waals surface area contributed by atoms with E-state index in [2.05, 4.69) is 25.9 Å². The molecule has 0 amide bonds. The van der Waals surface area contributed by atoms with Crippen LogP contribution in [0.15, 0.2) is 16.6 Å². The molecule has 0 saturated heterocycles. The van der Waals surface area contributed by atoms with Gasteiger partial charge in [0.2, 0.25) is 0 Å². The number of methoxy groups -OCH3 is 1. The number of nitrogen functional groups attached to an aromatic ring is 1. The van der Waals surface area contributed by atoms with E-state index in [0.29, 0.717) is 28.4 Å². The maximum absolute atomic E-state index is 9.82. The van der Waals surface area contributed by atoms with Gasteiger partial charge in [0, 0.05) is 12.7 Å². The molecule has 0 aliphatic rings. The van der Waals surface area contributed by atoms with Crippen molar-refractivity contribution >= 4 is 21.7 Å². The summed E-state index contributed by atoms with van der Waals surface area (Å²) in [5.41, 5.74) is 8.95. The molecule has 0 fully saturated rings. The third-order valence-electron chi connectivity index (χ3n) is 2.98. The van der Waals surface area contributed by atoms with E-state index in [0.717, 1.165) is 16.7 Å². The van der Waals surface area contributed by atoms with Crippen molar-refractivity contribution in [1.82, 2.24) is 9.97 Å². The number of rotatable bonds is 3. The smallest absolute Gasteiger partial charge is 0.161 e. The minimum atomic E-state index is 0.288. The second kappa shape index (κ2) is 5.76. The van der Waals surface area contributed by atoms with E-state index in [1.807, 2.05) is 26.0 Å². The summed E-state index contributed by atoms with van der Waals surface area (Å²) >= 11 is 3.36. The maximum atomic E-state index is 9.82. The number of aromatic hydroxyl groups is 1. The van der Waals surface area contributed by atoms with Crippen LogP contribution in [0.1, 0.15) is 16.8 Å². The predicted octanol–water partition coefficient (Wildman–Crippen LogP) is 2.96. The fraction of sp³-hybridized carbons (Fsp3) is 0.286. The zero-order chi connectivity index (χ0) is 14.9. The van der Waals surface area contributed by atoms with Gasteiger partial charge in [0.05, 0.1) is 16.8 Å². The third kappa shape index (κ3) is 2.76. The lowest BCUT2D eigenvalue weighted by atomic mass is 10.1. The molecular weight excluding hydrogens is 322 g/mol. The third-order valence-corrected chi connectivity index (χ3v) is 3.84. The Labute approximate surface area is 126 Å². The van der Waals surface area contributed by atoms with Crippen molar-refractivity contribution in [1.29, 1.82) is 0 Å². The number of nitrogens with two attached hydrogens (primary N) is 1. The average molecular weight is 338 g/mol. The number of nitrogens with zero attached hydrogens (tertiary/aromatic N) is 2. The van der Waals surface area contributed by atoms with E-state index in [4.69, 9.17) is 10.5 Å². The summed E-state index contributed by atoms with van der Waals surface area (Å²) in [4.78, 5) is 8.74. The number of hydrogen-bond donors (Lipinski definition) is 2. The van der Waals surface area contributed by atoms with Gasteiger partial charge in [0.25, 0.3) is 0 Å². The Balaban J connectivity index is 2.58. The van der Waals surface area contributed by atoms with Crippen LogP contribution in [0.4, 0.5) is 5.82 Å². The number of anilines is 1. The van der Waals surface area contributed by atoms with Crippen LogP contribution in [0, 0.1) is 13.8 Å². The molecule has 6 heteroatoms. The van der Waals surface area contributed by atoms with Crippen molar-refractivity contribution in [3.05, 3.63) is 33.4 Å². The molecule has 106 valence electrons. The van der Waals surface area contributed by atoms with Crippen LogP contribution < -0.4 is 5.73 Å². The molecule has 0 spiro atoms. The molecule has 0 aliphatic carbocycles. The molecular formula is C14H16BrN3O2. The fourth-order valence-corrected chi connectivity index (χ4v) is 2.25. The Kier molecular flexibility index (Phi) is 4.25. The van der Waals surface area contributed by atoms with Crippen molar-refractivity contribution < 1.29 is 9.84 Å². The van der Waals surface area contributed by atoms with Crippen LogP contribution in [-0.2, 0) is 11.3 Å². The molecule has 2 aromatic rings. The van der Waals surface area contributed by atoms with Gasteiger partial charge in [0.1, 0.15) is 11.6 Å². The predicted molar refractivity (Wildman–Crippen MR) is 81.4 cm³/mol. The molecule has 0 atom stereocenters. The van der Waals surface area contributed by atoms with Gasteiger partial charge in [-0.1, -0.05) is 0 Å². The van der Waals surface area contributed by atoms with Gasteiger partial charge in [-0.25, -0.2) is 9.97 Å². The van der Waals surface area contributed by atoms with Gasteiger partial charge in [-0.3, -0.25) is 0 Å². The lowest BCUT2D eigenvalue weighted by Crippen LogP contribution is -2.04. The highest BCUT2D eigenvalue weighted by Gasteiger charge is 2.13. The Hall–Kier alpha value is -1.66.